The molecule has 1 heterocycles. The second kappa shape index (κ2) is 6.88. The molecule has 0 amide bonds. The van der Waals surface area contributed by atoms with Crippen molar-refractivity contribution >= 4 is 22.9 Å². The van der Waals surface area contributed by atoms with Gasteiger partial charge in [-0.2, -0.15) is 0 Å². The van der Waals surface area contributed by atoms with Gasteiger partial charge in [0.05, 0.1) is 5.52 Å². The number of carboxylic acids is 1. The fourth-order valence-corrected chi connectivity index (χ4v) is 2.59. The van der Waals surface area contributed by atoms with E-state index in [4.69, 9.17) is 5.11 Å². The summed E-state index contributed by atoms with van der Waals surface area (Å²) in [5, 5.41) is 9.85. The van der Waals surface area contributed by atoms with E-state index >= 15 is 0 Å². The van der Waals surface area contributed by atoms with Gasteiger partial charge >= 0.3 is 5.97 Å². The Kier molecular flexibility index (Phi) is 4.48. The molecule has 0 fully saturated rings. The lowest BCUT2D eigenvalue weighted by molar-refractivity contribution is -0.131. The van der Waals surface area contributed by atoms with Crippen LogP contribution in [0.3, 0.4) is 0 Å². The molecule has 3 aromatic rings. The van der Waals surface area contributed by atoms with Crippen molar-refractivity contribution in [2.24, 2.45) is 0 Å². The van der Waals surface area contributed by atoms with Gasteiger partial charge in [-0.05, 0) is 53.8 Å². The first-order chi connectivity index (χ1) is 11.2. The maximum Gasteiger partial charge on any atom is 0.328 e. The number of rotatable bonds is 5. The summed E-state index contributed by atoms with van der Waals surface area (Å²) in [4.78, 5) is 14.9. The topological polar surface area (TPSA) is 50.2 Å². The number of benzene rings is 2. The highest BCUT2D eigenvalue weighted by Crippen LogP contribution is 2.16. The van der Waals surface area contributed by atoms with Crippen LogP contribution in [0.1, 0.15) is 16.7 Å². The normalized spacial score (nSPS) is 11.1. The first-order valence-corrected chi connectivity index (χ1v) is 7.54. The van der Waals surface area contributed by atoms with Crippen LogP contribution in [0.5, 0.6) is 0 Å². The Balaban J connectivity index is 1.71. The van der Waals surface area contributed by atoms with Crippen LogP contribution in [0.15, 0.2) is 66.9 Å². The number of carboxylic acid groups (broad SMARTS) is 1. The van der Waals surface area contributed by atoms with Crippen LogP contribution in [-0.2, 0) is 17.6 Å². The number of nitrogens with zero attached hydrogens (tertiary/aromatic N) is 1. The van der Waals surface area contributed by atoms with Gasteiger partial charge in [-0.3, -0.25) is 4.98 Å². The van der Waals surface area contributed by atoms with Crippen molar-refractivity contribution in [3.05, 3.63) is 83.6 Å². The Morgan fingerprint density at radius 2 is 1.83 bits per heavy atom. The van der Waals surface area contributed by atoms with Gasteiger partial charge in [-0.25, -0.2) is 4.79 Å². The highest BCUT2D eigenvalue weighted by molar-refractivity contribution is 5.85. The zero-order valence-corrected chi connectivity index (χ0v) is 12.6. The number of aromatic nitrogens is 1. The lowest BCUT2D eigenvalue weighted by atomic mass is 10.0. The van der Waals surface area contributed by atoms with Gasteiger partial charge in [-0.15, -0.1) is 0 Å². The fourth-order valence-electron chi connectivity index (χ4n) is 2.59. The third-order valence-electron chi connectivity index (χ3n) is 3.74. The molecule has 0 bridgehead atoms. The molecule has 0 aliphatic heterocycles. The van der Waals surface area contributed by atoms with Crippen LogP contribution in [0.2, 0.25) is 0 Å². The van der Waals surface area contributed by atoms with E-state index in [9.17, 15) is 4.79 Å². The number of aliphatic carboxylic acids is 1. The molecule has 0 radical (unpaired) electrons. The van der Waals surface area contributed by atoms with E-state index in [0.29, 0.717) is 0 Å². The smallest absolute Gasteiger partial charge is 0.328 e. The van der Waals surface area contributed by atoms with Gasteiger partial charge in [0.15, 0.2) is 0 Å². The summed E-state index contributed by atoms with van der Waals surface area (Å²) in [6.45, 7) is 0. The van der Waals surface area contributed by atoms with Gasteiger partial charge in [0.25, 0.3) is 0 Å². The van der Waals surface area contributed by atoms with Crippen molar-refractivity contribution in [3.63, 3.8) is 0 Å². The average molecular weight is 303 g/mol. The van der Waals surface area contributed by atoms with Crippen LogP contribution in [0, 0.1) is 0 Å². The Bertz CT molecular complexity index is 868. The minimum Gasteiger partial charge on any atom is -0.478 e. The van der Waals surface area contributed by atoms with Gasteiger partial charge in [0.1, 0.15) is 0 Å². The van der Waals surface area contributed by atoms with Crippen LogP contribution in [0.25, 0.3) is 17.0 Å². The van der Waals surface area contributed by atoms with E-state index in [2.05, 4.69) is 35.3 Å². The molecule has 0 unspecified atom stereocenters. The minimum atomic E-state index is -0.930. The van der Waals surface area contributed by atoms with Crippen LogP contribution in [-0.4, -0.2) is 16.1 Å². The van der Waals surface area contributed by atoms with E-state index in [1.165, 1.54) is 11.1 Å². The van der Waals surface area contributed by atoms with E-state index in [1.54, 1.807) is 12.3 Å². The first kappa shape index (κ1) is 15.0. The average Bonchev–Trinajstić information content (AvgIpc) is 2.58. The van der Waals surface area contributed by atoms with Crippen molar-refractivity contribution in [2.45, 2.75) is 12.8 Å². The zero-order valence-electron chi connectivity index (χ0n) is 12.6. The van der Waals surface area contributed by atoms with Crippen LogP contribution in [0.4, 0.5) is 0 Å². The van der Waals surface area contributed by atoms with E-state index in [-0.39, 0.29) is 0 Å². The lowest BCUT2D eigenvalue weighted by Crippen LogP contribution is -1.92. The molecule has 0 aliphatic rings. The molecular formula is C20H17NO2. The number of hydrogen-bond donors (Lipinski definition) is 1. The zero-order chi connectivity index (χ0) is 16.1. The molecule has 0 saturated heterocycles. The fraction of sp³-hybridized carbons (Fsp3) is 0.100. The molecule has 0 aliphatic carbocycles. The van der Waals surface area contributed by atoms with Crippen molar-refractivity contribution in [2.75, 3.05) is 0 Å². The molecule has 3 heteroatoms. The Hall–Kier alpha value is -2.94. The molecule has 0 atom stereocenters. The van der Waals surface area contributed by atoms with Crippen LogP contribution >= 0.6 is 0 Å². The molecule has 0 spiro atoms. The molecule has 2 aromatic carbocycles. The summed E-state index contributed by atoms with van der Waals surface area (Å²) < 4.78 is 0. The highest BCUT2D eigenvalue weighted by atomic mass is 16.4. The van der Waals surface area contributed by atoms with E-state index < -0.39 is 5.97 Å². The maximum absolute atomic E-state index is 10.6. The summed E-state index contributed by atoms with van der Waals surface area (Å²) in [5.74, 6) is -0.930. The van der Waals surface area contributed by atoms with Crippen molar-refractivity contribution < 1.29 is 9.90 Å². The number of aryl methyl sites for hydroxylation is 2. The lowest BCUT2D eigenvalue weighted by Gasteiger charge is -2.05. The largest absolute Gasteiger partial charge is 0.478 e. The SMILES string of the molecule is O=C(O)/C=C/c1cccc(CCc2ccc3ncccc3c2)c1. The highest BCUT2D eigenvalue weighted by Gasteiger charge is 2.00. The first-order valence-electron chi connectivity index (χ1n) is 7.54. The molecule has 1 N–H and O–H groups in total. The monoisotopic (exact) mass is 303 g/mol. The number of hydrogen-bond acceptors (Lipinski definition) is 2. The number of pyridine rings is 1. The molecule has 0 saturated carbocycles. The summed E-state index contributed by atoms with van der Waals surface area (Å²) in [5.41, 5.74) is 4.39. The van der Waals surface area contributed by atoms with Crippen molar-refractivity contribution in [1.29, 1.82) is 0 Å². The molecule has 23 heavy (non-hydrogen) atoms. The standard InChI is InChI=1S/C20H17NO2/c22-20(23)11-9-16-4-1-3-15(13-16)6-7-17-8-10-19-18(14-17)5-2-12-21-19/h1-5,8-14H,6-7H2,(H,22,23)/b11-9+. The maximum atomic E-state index is 10.6. The van der Waals surface area contributed by atoms with Gasteiger partial charge < -0.3 is 5.11 Å². The summed E-state index contributed by atoms with van der Waals surface area (Å²) in [6.07, 6.45) is 6.44. The summed E-state index contributed by atoms with van der Waals surface area (Å²) >= 11 is 0. The summed E-state index contributed by atoms with van der Waals surface area (Å²) in [6, 6.07) is 18.3. The molecule has 3 rings (SSSR count). The third kappa shape index (κ3) is 4.04. The Labute approximate surface area is 134 Å². The van der Waals surface area contributed by atoms with E-state index in [0.717, 1.165) is 35.4 Å². The molecular weight excluding hydrogens is 286 g/mol. The molecule has 1 aromatic heterocycles. The molecule has 3 nitrogen and oxygen atoms in total. The van der Waals surface area contributed by atoms with Gasteiger partial charge in [0, 0.05) is 17.7 Å². The minimum absolute atomic E-state index is 0.910. The second-order valence-corrected chi connectivity index (χ2v) is 5.45. The number of carbonyl (C=O) groups is 1. The Morgan fingerprint density at radius 3 is 2.65 bits per heavy atom. The number of fused-ring (bicyclic) bond motifs is 1. The Morgan fingerprint density at radius 1 is 1.00 bits per heavy atom. The van der Waals surface area contributed by atoms with Crippen LogP contribution < -0.4 is 0 Å². The molecule has 114 valence electrons. The third-order valence-corrected chi connectivity index (χ3v) is 3.74. The summed E-state index contributed by atoms with van der Waals surface area (Å²) in [7, 11) is 0. The predicted octanol–water partition coefficient (Wildman–Crippen LogP) is 4.12. The quantitative estimate of drug-likeness (QED) is 0.721. The van der Waals surface area contributed by atoms with Gasteiger partial charge in [-0.1, -0.05) is 36.4 Å². The second-order valence-electron chi connectivity index (χ2n) is 5.45. The van der Waals surface area contributed by atoms with E-state index in [1.807, 2.05) is 24.3 Å². The van der Waals surface area contributed by atoms with Crippen molar-refractivity contribution in [3.8, 4) is 0 Å². The van der Waals surface area contributed by atoms with Crippen molar-refractivity contribution in [1.82, 2.24) is 4.98 Å². The van der Waals surface area contributed by atoms with Gasteiger partial charge in [0.2, 0.25) is 0 Å². The predicted molar refractivity (Wildman–Crippen MR) is 92.3 cm³/mol.